The highest BCUT2D eigenvalue weighted by Gasteiger charge is 2.05. The minimum absolute atomic E-state index is 0.608. The van der Waals surface area contributed by atoms with Crippen LogP contribution in [0.4, 0.5) is 0 Å². The molecule has 3 heteroatoms. The minimum Gasteiger partial charge on any atom is -0.493 e. The summed E-state index contributed by atoms with van der Waals surface area (Å²) in [5.41, 5.74) is 0. The zero-order chi connectivity index (χ0) is 13.2. The average molecular weight is 251 g/mol. The molecular weight excluding hydrogens is 226 g/mol. The lowest BCUT2D eigenvalue weighted by Gasteiger charge is -2.16. The first-order chi connectivity index (χ1) is 8.81. The third-order valence-electron chi connectivity index (χ3n) is 3.01. The topological polar surface area (TPSA) is 30.5 Å². The molecule has 0 spiro atoms. The number of nitrogens with one attached hydrogen (secondary N) is 1. The Hall–Kier alpha value is -1.22. The van der Waals surface area contributed by atoms with E-state index in [-0.39, 0.29) is 0 Å². The number of rotatable bonds is 9. The van der Waals surface area contributed by atoms with Gasteiger partial charge in [0.15, 0.2) is 11.5 Å². The zero-order valence-corrected chi connectivity index (χ0v) is 11.7. The second kappa shape index (κ2) is 8.81. The normalized spacial score (nSPS) is 12.2. The Bertz CT molecular complexity index is 328. The summed E-state index contributed by atoms with van der Waals surface area (Å²) in [5, 5.41) is 3.47. The van der Waals surface area contributed by atoms with E-state index in [1.807, 2.05) is 24.3 Å². The molecule has 0 radical (unpaired) electrons. The van der Waals surface area contributed by atoms with Crippen molar-refractivity contribution in [3.63, 3.8) is 0 Å². The lowest BCUT2D eigenvalue weighted by Crippen LogP contribution is -2.28. The predicted molar refractivity (Wildman–Crippen MR) is 75.5 cm³/mol. The van der Waals surface area contributed by atoms with Gasteiger partial charge >= 0.3 is 0 Å². The third-order valence-corrected chi connectivity index (χ3v) is 3.01. The molecule has 0 aromatic heterocycles. The summed E-state index contributed by atoms with van der Waals surface area (Å²) in [7, 11) is 1.67. The number of benzene rings is 1. The highest BCUT2D eigenvalue weighted by atomic mass is 16.5. The van der Waals surface area contributed by atoms with Gasteiger partial charge in [0.25, 0.3) is 0 Å². The van der Waals surface area contributed by atoms with Gasteiger partial charge < -0.3 is 14.8 Å². The smallest absolute Gasteiger partial charge is 0.161 e. The number of para-hydroxylation sites is 2. The summed E-state index contributed by atoms with van der Waals surface area (Å²) in [6.07, 6.45) is 3.38. The molecule has 0 aliphatic heterocycles. The van der Waals surface area contributed by atoms with Crippen molar-refractivity contribution in [2.75, 3.05) is 20.3 Å². The van der Waals surface area contributed by atoms with Crippen LogP contribution in [-0.4, -0.2) is 26.3 Å². The van der Waals surface area contributed by atoms with Crippen molar-refractivity contribution in [2.45, 2.75) is 39.2 Å². The number of hydrogen-bond acceptors (Lipinski definition) is 3. The molecule has 0 bridgehead atoms. The lowest BCUT2D eigenvalue weighted by molar-refractivity contribution is 0.278. The number of methoxy groups -OCH3 is 1. The first-order valence-electron chi connectivity index (χ1n) is 6.81. The van der Waals surface area contributed by atoms with Crippen LogP contribution in [0.1, 0.15) is 33.1 Å². The lowest BCUT2D eigenvalue weighted by atomic mass is 10.1. The highest BCUT2D eigenvalue weighted by Crippen LogP contribution is 2.25. The SMILES string of the molecule is CCNC(CC)CCCOc1ccccc1OC. The molecule has 0 saturated heterocycles. The van der Waals surface area contributed by atoms with Crippen LogP contribution in [0, 0.1) is 0 Å². The van der Waals surface area contributed by atoms with Crippen LogP contribution in [0.3, 0.4) is 0 Å². The fraction of sp³-hybridized carbons (Fsp3) is 0.600. The van der Waals surface area contributed by atoms with Crippen molar-refractivity contribution < 1.29 is 9.47 Å². The molecule has 18 heavy (non-hydrogen) atoms. The summed E-state index contributed by atoms with van der Waals surface area (Å²) in [6.45, 7) is 6.14. The molecule has 1 unspecified atom stereocenters. The van der Waals surface area contributed by atoms with Gasteiger partial charge in [-0.2, -0.15) is 0 Å². The first-order valence-corrected chi connectivity index (χ1v) is 6.81. The van der Waals surface area contributed by atoms with E-state index in [1.54, 1.807) is 7.11 Å². The predicted octanol–water partition coefficient (Wildman–Crippen LogP) is 3.24. The molecule has 0 heterocycles. The maximum atomic E-state index is 5.75. The molecule has 1 N–H and O–H groups in total. The quantitative estimate of drug-likeness (QED) is 0.683. The summed E-state index contributed by atoms with van der Waals surface area (Å²) >= 11 is 0. The van der Waals surface area contributed by atoms with Crippen molar-refractivity contribution in [1.29, 1.82) is 0 Å². The molecule has 1 atom stereocenters. The Morgan fingerprint density at radius 3 is 2.50 bits per heavy atom. The molecule has 102 valence electrons. The molecule has 1 aromatic rings. The number of ether oxygens (including phenoxy) is 2. The summed E-state index contributed by atoms with van der Waals surface area (Å²) < 4.78 is 11.0. The standard InChI is InChI=1S/C15H25NO2/c1-4-13(16-5-2)9-8-12-18-15-11-7-6-10-14(15)17-3/h6-7,10-11,13,16H,4-5,8-9,12H2,1-3H3. The van der Waals surface area contributed by atoms with E-state index in [0.29, 0.717) is 6.04 Å². The Balaban J connectivity index is 2.28. The molecule has 0 amide bonds. The van der Waals surface area contributed by atoms with Gasteiger partial charge in [-0.1, -0.05) is 26.0 Å². The number of hydrogen-bond donors (Lipinski definition) is 1. The van der Waals surface area contributed by atoms with Crippen LogP contribution in [0.25, 0.3) is 0 Å². The van der Waals surface area contributed by atoms with Crippen molar-refractivity contribution in [1.82, 2.24) is 5.32 Å². The average Bonchev–Trinajstić information content (AvgIpc) is 2.42. The Morgan fingerprint density at radius 1 is 1.17 bits per heavy atom. The van der Waals surface area contributed by atoms with Gasteiger partial charge in [0.1, 0.15) is 0 Å². The molecule has 1 rings (SSSR count). The summed E-state index contributed by atoms with van der Waals surface area (Å²) in [5.74, 6) is 1.63. The van der Waals surface area contributed by atoms with Crippen LogP contribution < -0.4 is 14.8 Å². The van der Waals surface area contributed by atoms with Gasteiger partial charge in [-0.15, -0.1) is 0 Å². The maximum Gasteiger partial charge on any atom is 0.161 e. The zero-order valence-electron chi connectivity index (χ0n) is 11.7. The van der Waals surface area contributed by atoms with Crippen molar-refractivity contribution in [3.8, 4) is 11.5 Å². The largest absolute Gasteiger partial charge is 0.493 e. The summed E-state index contributed by atoms with van der Waals surface area (Å²) in [4.78, 5) is 0. The maximum absolute atomic E-state index is 5.75. The first kappa shape index (κ1) is 14.8. The monoisotopic (exact) mass is 251 g/mol. The van der Waals surface area contributed by atoms with E-state index in [4.69, 9.17) is 9.47 Å². The molecule has 0 aliphatic carbocycles. The van der Waals surface area contributed by atoms with Crippen LogP contribution >= 0.6 is 0 Å². The minimum atomic E-state index is 0.608. The van der Waals surface area contributed by atoms with E-state index in [1.165, 1.54) is 6.42 Å². The van der Waals surface area contributed by atoms with Crippen molar-refractivity contribution >= 4 is 0 Å². The van der Waals surface area contributed by atoms with E-state index in [2.05, 4.69) is 19.2 Å². The fourth-order valence-corrected chi connectivity index (χ4v) is 1.99. The van der Waals surface area contributed by atoms with Crippen LogP contribution in [0.5, 0.6) is 11.5 Å². The van der Waals surface area contributed by atoms with Gasteiger partial charge in [-0.25, -0.2) is 0 Å². The van der Waals surface area contributed by atoms with Crippen molar-refractivity contribution in [3.05, 3.63) is 24.3 Å². The van der Waals surface area contributed by atoms with Crippen LogP contribution in [0.2, 0.25) is 0 Å². The van der Waals surface area contributed by atoms with E-state index >= 15 is 0 Å². The van der Waals surface area contributed by atoms with E-state index in [9.17, 15) is 0 Å². The molecule has 3 nitrogen and oxygen atoms in total. The van der Waals surface area contributed by atoms with Gasteiger partial charge in [0, 0.05) is 6.04 Å². The van der Waals surface area contributed by atoms with Gasteiger partial charge in [0.2, 0.25) is 0 Å². The van der Waals surface area contributed by atoms with Crippen molar-refractivity contribution in [2.24, 2.45) is 0 Å². The molecule has 0 fully saturated rings. The highest BCUT2D eigenvalue weighted by molar-refractivity contribution is 5.39. The molecule has 1 aromatic carbocycles. The van der Waals surface area contributed by atoms with Gasteiger partial charge in [0.05, 0.1) is 13.7 Å². The Labute approximate surface area is 110 Å². The second-order valence-electron chi connectivity index (χ2n) is 4.30. The Kier molecular flexibility index (Phi) is 7.26. The molecule has 0 saturated carbocycles. The van der Waals surface area contributed by atoms with E-state index in [0.717, 1.165) is 37.5 Å². The van der Waals surface area contributed by atoms with Crippen LogP contribution in [-0.2, 0) is 0 Å². The second-order valence-corrected chi connectivity index (χ2v) is 4.30. The van der Waals surface area contributed by atoms with E-state index < -0.39 is 0 Å². The van der Waals surface area contributed by atoms with Crippen LogP contribution in [0.15, 0.2) is 24.3 Å². The Morgan fingerprint density at radius 2 is 1.89 bits per heavy atom. The third kappa shape index (κ3) is 4.96. The summed E-state index contributed by atoms with van der Waals surface area (Å²) in [6, 6.07) is 8.38. The van der Waals surface area contributed by atoms with Gasteiger partial charge in [-0.05, 0) is 37.9 Å². The van der Waals surface area contributed by atoms with Gasteiger partial charge in [-0.3, -0.25) is 0 Å². The molecular formula is C15H25NO2. The fourth-order valence-electron chi connectivity index (χ4n) is 1.99. The molecule has 0 aliphatic rings.